The second-order valence-corrected chi connectivity index (χ2v) is 6.38. The van der Waals surface area contributed by atoms with Gasteiger partial charge in [-0.3, -0.25) is 0 Å². The van der Waals surface area contributed by atoms with Crippen LogP contribution in [0.2, 0.25) is 0 Å². The van der Waals surface area contributed by atoms with Crippen molar-refractivity contribution in [1.29, 1.82) is 0 Å². The molecule has 1 aliphatic rings. The van der Waals surface area contributed by atoms with Gasteiger partial charge in [0.05, 0.1) is 23.2 Å². The molecular weight excluding hydrogens is 286 g/mol. The third kappa shape index (κ3) is 3.51. The summed E-state index contributed by atoms with van der Waals surface area (Å²) in [6.45, 7) is 4.39. The van der Waals surface area contributed by atoms with Crippen LogP contribution in [0.4, 0.5) is 0 Å². The number of nitrogens with one attached hydrogen (secondary N) is 2. The summed E-state index contributed by atoms with van der Waals surface area (Å²) in [4.78, 5) is 7.85. The van der Waals surface area contributed by atoms with Gasteiger partial charge in [-0.25, -0.2) is 4.98 Å². The Balaban J connectivity index is 1.69. The van der Waals surface area contributed by atoms with Gasteiger partial charge < -0.3 is 20.1 Å². The lowest BCUT2D eigenvalue weighted by molar-refractivity contribution is 0.0339. The van der Waals surface area contributed by atoms with Crippen molar-refractivity contribution in [1.82, 2.24) is 15.3 Å². The summed E-state index contributed by atoms with van der Waals surface area (Å²) in [5.74, 6) is 1.52. The Bertz CT molecular complexity index is 608. The first kappa shape index (κ1) is 14.7. The van der Waals surface area contributed by atoms with Crippen LogP contribution in [0.25, 0.3) is 11.0 Å². The van der Waals surface area contributed by atoms with Crippen LogP contribution in [-0.4, -0.2) is 46.1 Å². The van der Waals surface area contributed by atoms with Crippen LogP contribution in [0, 0.1) is 0 Å². The van der Waals surface area contributed by atoms with E-state index in [1.54, 1.807) is 11.8 Å². The molecule has 1 fully saturated rings. The zero-order valence-corrected chi connectivity index (χ0v) is 13.0. The maximum absolute atomic E-state index is 10.5. The first-order valence-corrected chi connectivity index (χ1v) is 8.35. The monoisotopic (exact) mass is 307 g/mol. The van der Waals surface area contributed by atoms with Crippen molar-refractivity contribution < 1.29 is 9.84 Å². The van der Waals surface area contributed by atoms with Crippen molar-refractivity contribution in [3.63, 3.8) is 0 Å². The number of ether oxygens (including phenoxy) is 1. The number of aromatic amines is 1. The van der Waals surface area contributed by atoms with E-state index in [1.165, 1.54) is 0 Å². The largest absolute Gasteiger partial charge is 0.494 e. The molecule has 0 bridgehead atoms. The van der Waals surface area contributed by atoms with E-state index in [0.717, 1.165) is 47.9 Å². The van der Waals surface area contributed by atoms with E-state index in [0.29, 0.717) is 12.4 Å². The lowest BCUT2D eigenvalue weighted by Crippen LogP contribution is -2.43. The van der Waals surface area contributed by atoms with Crippen LogP contribution >= 0.6 is 11.8 Å². The Labute approximate surface area is 128 Å². The normalized spacial score (nSPS) is 18.0. The van der Waals surface area contributed by atoms with Gasteiger partial charge in [-0.05, 0) is 45.0 Å². The Morgan fingerprint density at radius 1 is 1.38 bits per heavy atom. The van der Waals surface area contributed by atoms with Gasteiger partial charge in [0.25, 0.3) is 0 Å². The Kier molecular flexibility index (Phi) is 4.37. The zero-order chi connectivity index (χ0) is 14.7. The molecule has 0 amide bonds. The topological polar surface area (TPSA) is 70.2 Å². The average Bonchev–Trinajstić information content (AvgIpc) is 2.89. The maximum Gasteiger partial charge on any atom is 0.166 e. The van der Waals surface area contributed by atoms with E-state index < -0.39 is 5.60 Å². The highest BCUT2D eigenvalue weighted by Gasteiger charge is 2.29. The smallest absolute Gasteiger partial charge is 0.166 e. The van der Waals surface area contributed by atoms with Gasteiger partial charge in [-0.15, -0.1) is 0 Å². The number of piperidine rings is 1. The molecule has 0 unspecified atom stereocenters. The number of nitrogens with zero attached hydrogens (tertiary/aromatic N) is 1. The molecule has 2 aromatic rings. The van der Waals surface area contributed by atoms with Crippen molar-refractivity contribution in [2.75, 3.05) is 25.4 Å². The molecule has 2 heterocycles. The van der Waals surface area contributed by atoms with Gasteiger partial charge in [-0.1, -0.05) is 11.8 Å². The molecule has 0 spiro atoms. The average molecular weight is 307 g/mol. The minimum atomic E-state index is -0.578. The Hall–Kier alpha value is -1.24. The van der Waals surface area contributed by atoms with Crippen molar-refractivity contribution >= 4 is 22.8 Å². The molecule has 1 aliphatic heterocycles. The number of imidazole rings is 1. The summed E-state index contributed by atoms with van der Waals surface area (Å²) in [5.41, 5.74) is 1.32. The van der Waals surface area contributed by atoms with Gasteiger partial charge in [0.15, 0.2) is 5.16 Å². The Morgan fingerprint density at radius 3 is 2.95 bits per heavy atom. The first-order valence-electron chi connectivity index (χ1n) is 7.37. The third-order valence-electron chi connectivity index (χ3n) is 3.75. The molecule has 5 nitrogen and oxygen atoms in total. The third-order valence-corrected chi connectivity index (χ3v) is 4.90. The molecule has 3 N–H and O–H groups in total. The molecule has 6 heteroatoms. The molecular formula is C15H21N3O2S. The number of aromatic nitrogens is 2. The van der Waals surface area contributed by atoms with E-state index in [2.05, 4.69) is 15.3 Å². The molecule has 21 heavy (non-hydrogen) atoms. The summed E-state index contributed by atoms with van der Waals surface area (Å²) >= 11 is 1.59. The standard InChI is InChI=1S/C15H21N3O2S/c1-2-20-11-3-4-12-13(9-11)18-14(17-12)21-10-15(19)5-7-16-8-6-15/h3-4,9,16,19H,2,5-8,10H2,1H3,(H,17,18). The van der Waals surface area contributed by atoms with Crippen LogP contribution in [0.15, 0.2) is 23.4 Å². The van der Waals surface area contributed by atoms with E-state index in [1.807, 2.05) is 25.1 Å². The molecule has 0 atom stereocenters. The van der Waals surface area contributed by atoms with Crippen LogP contribution in [-0.2, 0) is 0 Å². The predicted molar refractivity (Wildman–Crippen MR) is 85.0 cm³/mol. The predicted octanol–water partition coefficient (Wildman–Crippen LogP) is 2.17. The zero-order valence-electron chi connectivity index (χ0n) is 12.2. The molecule has 0 aliphatic carbocycles. The van der Waals surface area contributed by atoms with Crippen molar-refractivity contribution in [2.24, 2.45) is 0 Å². The second-order valence-electron chi connectivity index (χ2n) is 5.42. The molecule has 0 saturated carbocycles. The maximum atomic E-state index is 10.5. The van der Waals surface area contributed by atoms with E-state index in [-0.39, 0.29) is 0 Å². The molecule has 3 rings (SSSR count). The highest BCUT2D eigenvalue weighted by molar-refractivity contribution is 7.99. The van der Waals surface area contributed by atoms with Crippen LogP contribution in [0.1, 0.15) is 19.8 Å². The number of hydrogen-bond donors (Lipinski definition) is 3. The summed E-state index contributed by atoms with van der Waals surface area (Å²) in [6, 6.07) is 5.86. The van der Waals surface area contributed by atoms with E-state index >= 15 is 0 Å². The number of fused-ring (bicyclic) bond motifs is 1. The van der Waals surface area contributed by atoms with Crippen molar-refractivity contribution in [3.05, 3.63) is 18.2 Å². The van der Waals surface area contributed by atoms with Crippen LogP contribution < -0.4 is 10.1 Å². The lowest BCUT2D eigenvalue weighted by atomic mass is 9.95. The Morgan fingerprint density at radius 2 is 2.19 bits per heavy atom. The lowest BCUT2D eigenvalue weighted by Gasteiger charge is -2.31. The molecule has 1 aromatic carbocycles. The second kappa shape index (κ2) is 6.25. The summed E-state index contributed by atoms with van der Waals surface area (Å²) in [5, 5.41) is 14.6. The number of hydrogen-bond acceptors (Lipinski definition) is 5. The van der Waals surface area contributed by atoms with E-state index in [9.17, 15) is 5.11 Å². The minimum absolute atomic E-state index is 0.578. The minimum Gasteiger partial charge on any atom is -0.494 e. The first-order chi connectivity index (χ1) is 10.2. The van der Waals surface area contributed by atoms with Gasteiger partial charge in [0, 0.05) is 11.8 Å². The fourth-order valence-corrected chi connectivity index (χ4v) is 3.57. The highest BCUT2D eigenvalue weighted by Crippen LogP contribution is 2.28. The molecule has 1 aromatic heterocycles. The van der Waals surface area contributed by atoms with Gasteiger partial charge in [0.2, 0.25) is 0 Å². The number of thioether (sulfide) groups is 1. The SMILES string of the molecule is CCOc1ccc2nc(SCC3(O)CCNCC3)[nH]c2c1. The van der Waals surface area contributed by atoms with Crippen molar-refractivity contribution in [2.45, 2.75) is 30.5 Å². The number of benzene rings is 1. The van der Waals surface area contributed by atoms with Gasteiger partial charge in [0.1, 0.15) is 5.75 Å². The highest BCUT2D eigenvalue weighted by atomic mass is 32.2. The van der Waals surface area contributed by atoms with Gasteiger partial charge >= 0.3 is 0 Å². The molecule has 1 saturated heterocycles. The number of aliphatic hydroxyl groups is 1. The quantitative estimate of drug-likeness (QED) is 0.739. The fourth-order valence-electron chi connectivity index (χ4n) is 2.53. The molecule has 0 radical (unpaired) electrons. The van der Waals surface area contributed by atoms with Crippen LogP contribution in [0.5, 0.6) is 5.75 Å². The molecule has 114 valence electrons. The van der Waals surface area contributed by atoms with Gasteiger partial charge in [-0.2, -0.15) is 0 Å². The fraction of sp³-hybridized carbons (Fsp3) is 0.533. The summed E-state index contributed by atoms with van der Waals surface area (Å²) in [6.07, 6.45) is 1.60. The van der Waals surface area contributed by atoms with Crippen molar-refractivity contribution in [3.8, 4) is 5.75 Å². The van der Waals surface area contributed by atoms with Crippen LogP contribution in [0.3, 0.4) is 0 Å². The number of rotatable bonds is 5. The summed E-state index contributed by atoms with van der Waals surface area (Å²) in [7, 11) is 0. The van der Waals surface area contributed by atoms with E-state index in [4.69, 9.17) is 4.74 Å². The summed E-state index contributed by atoms with van der Waals surface area (Å²) < 4.78 is 5.49. The number of H-pyrrole nitrogens is 1.